The SMILES string of the molecule is CCCOc1cccnc1N1CCC(C)C1CN. The topological polar surface area (TPSA) is 51.4 Å². The molecule has 0 aliphatic carbocycles. The van der Waals surface area contributed by atoms with Gasteiger partial charge in [0.25, 0.3) is 0 Å². The summed E-state index contributed by atoms with van der Waals surface area (Å²) in [7, 11) is 0. The summed E-state index contributed by atoms with van der Waals surface area (Å²) in [5.74, 6) is 2.45. The molecule has 4 heteroatoms. The lowest BCUT2D eigenvalue weighted by Gasteiger charge is -2.28. The van der Waals surface area contributed by atoms with Crippen molar-refractivity contribution in [2.45, 2.75) is 32.7 Å². The van der Waals surface area contributed by atoms with Crippen LogP contribution >= 0.6 is 0 Å². The van der Waals surface area contributed by atoms with E-state index in [4.69, 9.17) is 10.5 Å². The van der Waals surface area contributed by atoms with Gasteiger partial charge in [0.05, 0.1) is 6.61 Å². The fourth-order valence-corrected chi connectivity index (χ4v) is 2.55. The molecule has 100 valence electrons. The number of aromatic nitrogens is 1. The van der Waals surface area contributed by atoms with E-state index in [1.165, 1.54) is 6.42 Å². The van der Waals surface area contributed by atoms with E-state index < -0.39 is 0 Å². The Morgan fingerprint density at radius 2 is 2.39 bits per heavy atom. The van der Waals surface area contributed by atoms with E-state index in [-0.39, 0.29) is 0 Å². The Balaban J connectivity index is 2.21. The van der Waals surface area contributed by atoms with Crippen LogP contribution in [0.25, 0.3) is 0 Å². The number of rotatable bonds is 5. The second-order valence-corrected chi connectivity index (χ2v) is 4.94. The van der Waals surface area contributed by atoms with Crippen LogP contribution in [0.5, 0.6) is 5.75 Å². The fraction of sp³-hybridized carbons (Fsp3) is 0.643. The van der Waals surface area contributed by atoms with Crippen LogP contribution in [0.3, 0.4) is 0 Å². The molecule has 1 aliphatic rings. The van der Waals surface area contributed by atoms with E-state index in [0.29, 0.717) is 18.5 Å². The lowest BCUT2D eigenvalue weighted by Crippen LogP contribution is -2.39. The molecule has 2 N–H and O–H groups in total. The summed E-state index contributed by atoms with van der Waals surface area (Å²) in [5, 5.41) is 0. The van der Waals surface area contributed by atoms with Crippen LogP contribution in [0.4, 0.5) is 5.82 Å². The van der Waals surface area contributed by atoms with Crippen molar-refractivity contribution in [3.63, 3.8) is 0 Å². The van der Waals surface area contributed by atoms with Crippen LogP contribution in [-0.2, 0) is 0 Å². The van der Waals surface area contributed by atoms with E-state index in [2.05, 4.69) is 23.7 Å². The third-order valence-electron chi connectivity index (χ3n) is 3.61. The maximum Gasteiger partial charge on any atom is 0.171 e. The normalized spacial score (nSPS) is 23.4. The molecule has 1 aromatic rings. The summed E-state index contributed by atoms with van der Waals surface area (Å²) in [4.78, 5) is 6.79. The van der Waals surface area contributed by atoms with Crippen molar-refractivity contribution in [3.05, 3.63) is 18.3 Å². The molecule has 1 fully saturated rings. The number of nitrogens with two attached hydrogens (primary N) is 1. The summed E-state index contributed by atoms with van der Waals surface area (Å²) in [6.45, 7) is 6.78. The second-order valence-electron chi connectivity index (χ2n) is 4.94. The highest BCUT2D eigenvalue weighted by molar-refractivity contribution is 5.53. The van der Waals surface area contributed by atoms with Crippen LogP contribution in [-0.4, -0.2) is 30.7 Å². The van der Waals surface area contributed by atoms with Gasteiger partial charge in [0.1, 0.15) is 0 Å². The Hall–Kier alpha value is -1.29. The van der Waals surface area contributed by atoms with Crippen molar-refractivity contribution in [1.29, 1.82) is 0 Å². The molecule has 0 aromatic carbocycles. The van der Waals surface area contributed by atoms with Gasteiger partial charge in [-0.25, -0.2) is 4.98 Å². The number of ether oxygens (including phenoxy) is 1. The highest BCUT2D eigenvalue weighted by Gasteiger charge is 2.32. The molecule has 0 bridgehead atoms. The Morgan fingerprint density at radius 1 is 1.56 bits per heavy atom. The van der Waals surface area contributed by atoms with Gasteiger partial charge >= 0.3 is 0 Å². The third kappa shape index (κ3) is 2.58. The maximum atomic E-state index is 5.89. The zero-order valence-electron chi connectivity index (χ0n) is 11.3. The van der Waals surface area contributed by atoms with Gasteiger partial charge in [-0.15, -0.1) is 0 Å². The zero-order valence-corrected chi connectivity index (χ0v) is 11.3. The lowest BCUT2D eigenvalue weighted by molar-refractivity contribution is 0.316. The minimum absolute atomic E-state index is 0.379. The van der Waals surface area contributed by atoms with Crippen molar-refractivity contribution < 1.29 is 4.74 Å². The lowest BCUT2D eigenvalue weighted by atomic mass is 10.0. The molecule has 0 amide bonds. The quantitative estimate of drug-likeness (QED) is 0.867. The average Bonchev–Trinajstić information content (AvgIpc) is 2.77. The summed E-state index contributed by atoms with van der Waals surface area (Å²) in [5.41, 5.74) is 5.89. The van der Waals surface area contributed by atoms with Crippen molar-refractivity contribution >= 4 is 5.82 Å². The first-order valence-corrected chi connectivity index (χ1v) is 6.82. The minimum atomic E-state index is 0.379. The molecular weight excluding hydrogens is 226 g/mol. The molecule has 1 saturated heterocycles. The van der Waals surface area contributed by atoms with Crippen LogP contribution in [0.15, 0.2) is 18.3 Å². The predicted molar refractivity (Wildman–Crippen MR) is 74.0 cm³/mol. The predicted octanol–water partition coefficient (Wildman–Crippen LogP) is 2.04. The summed E-state index contributed by atoms with van der Waals surface area (Å²) in [6, 6.07) is 4.30. The molecule has 2 unspecified atom stereocenters. The average molecular weight is 249 g/mol. The van der Waals surface area contributed by atoms with Gasteiger partial charge in [-0.3, -0.25) is 0 Å². The van der Waals surface area contributed by atoms with Gasteiger partial charge in [-0.2, -0.15) is 0 Å². The molecule has 0 saturated carbocycles. The van der Waals surface area contributed by atoms with E-state index in [1.807, 2.05) is 18.3 Å². The van der Waals surface area contributed by atoms with Crippen LogP contribution in [0.1, 0.15) is 26.7 Å². The first-order chi connectivity index (χ1) is 8.77. The van der Waals surface area contributed by atoms with Gasteiger partial charge in [-0.05, 0) is 30.9 Å². The molecule has 1 aromatic heterocycles. The first-order valence-electron chi connectivity index (χ1n) is 6.82. The Bertz CT molecular complexity index is 383. The Morgan fingerprint density at radius 3 is 3.11 bits per heavy atom. The third-order valence-corrected chi connectivity index (χ3v) is 3.61. The molecule has 1 aliphatic heterocycles. The molecule has 18 heavy (non-hydrogen) atoms. The smallest absolute Gasteiger partial charge is 0.171 e. The summed E-state index contributed by atoms with van der Waals surface area (Å²) < 4.78 is 5.78. The van der Waals surface area contributed by atoms with Crippen LogP contribution in [0, 0.1) is 5.92 Å². The van der Waals surface area contributed by atoms with Crippen molar-refractivity contribution in [1.82, 2.24) is 4.98 Å². The van der Waals surface area contributed by atoms with E-state index in [9.17, 15) is 0 Å². The summed E-state index contributed by atoms with van der Waals surface area (Å²) in [6.07, 6.45) is 4.00. The molecule has 0 spiro atoms. The van der Waals surface area contributed by atoms with Gasteiger partial charge in [0.2, 0.25) is 0 Å². The van der Waals surface area contributed by atoms with Crippen molar-refractivity contribution in [2.75, 3.05) is 24.6 Å². The highest BCUT2D eigenvalue weighted by Crippen LogP contribution is 2.33. The second kappa shape index (κ2) is 6.05. The zero-order chi connectivity index (χ0) is 13.0. The van der Waals surface area contributed by atoms with E-state index >= 15 is 0 Å². The standard InChI is InChI=1S/C14H23N3O/c1-3-9-18-13-5-4-7-16-14(13)17-8-6-11(2)12(17)10-15/h4-5,7,11-12H,3,6,8-10,15H2,1-2H3. The first kappa shape index (κ1) is 13.1. The van der Waals surface area contributed by atoms with Crippen molar-refractivity contribution in [3.8, 4) is 5.75 Å². The Kier molecular flexibility index (Phi) is 4.42. The maximum absolute atomic E-state index is 5.89. The summed E-state index contributed by atoms with van der Waals surface area (Å²) >= 11 is 0. The molecule has 2 heterocycles. The monoisotopic (exact) mass is 249 g/mol. The largest absolute Gasteiger partial charge is 0.490 e. The minimum Gasteiger partial charge on any atom is -0.490 e. The molecule has 2 rings (SSSR count). The number of nitrogens with zero attached hydrogens (tertiary/aromatic N) is 2. The molecular formula is C14H23N3O. The van der Waals surface area contributed by atoms with Gasteiger partial charge in [0.15, 0.2) is 11.6 Å². The Labute approximate surface area is 109 Å². The molecule has 0 radical (unpaired) electrons. The fourth-order valence-electron chi connectivity index (χ4n) is 2.55. The van der Waals surface area contributed by atoms with Gasteiger partial charge in [0, 0.05) is 25.3 Å². The molecule has 4 nitrogen and oxygen atoms in total. The number of hydrogen-bond acceptors (Lipinski definition) is 4. The highest BCUT2D eigenvalue weighted by atomic mass is 16.5. The van der Waals surface area contributed by atoms with Gasteiger partial charge < -0.3 is 15.4 Å². The van der Waals surface area contributed by atoms with Crippen molar-refractivity contribution in [2.24, 2.45) is 11.7 Å². The number of hydrogen-bond donors (Lipinski definition) is 1. The van der Waals surface area contributed by atoms with E-state index in [0.717, 1.165) is 31.1 Å². The molecule has 2 atom stereocenters. The van der Waals surface area contributed by atoms with E-state index in [1.54, 1.807) is 0 Å². The van der Waals surface area contributed by atoms with Crippen LogP contribution < -0.4 is 15.4 Å². The number of anilines is 1. The van der Waals surface area contributed by atoms with Crippen LogP contribution in [0.2, 0.25) is 0 Å². The number of pyridine rings is 1. The van der Waals surface area contributed by atoms with Gasteiger partial charge in [-0.1, -0.05) is 13.8 Å².